The zero-order valence-corrected chi connectivity index (χ0v) is 15.0. The van der Waals surface area contributed by atoms with E-state index < -0.39 is 0 Å². The summed E-state index contributed by atoms with van der Waals surface area (Å²) >= 11 is 0. The highest BCUT2D eigenvalue weighted by Crippen LogP contribution is 2.31. The number of rotatable bonds is 3. The van der Waals surface area contributed by atoms with Gasteiger partial charge in [0, 0.05) is 25.1 Å². The Balaban J connectivity index is 1.43. The number of piperidine rings is 1. The van der Waals surface area contributed by atoms with Gasteiger partial charge in [-0.15, -0.1) is 0 Å². The average molecular weight is 359 g/mol. The Morgan fingerprint density at radius 1 is 1.35 bits per heavy atom. The number of amides is 3. The van der Waals surface area contributed by atoms with Crippen molar-refractivity contribution >= 4 is 11.9 Å². The first-order valence-electron chi connectivity index (χ1n) is 9.27. The maximum absolute atomic E-state index is 12.8. The Morgan fingerprint density at radius 2 is 2.23 bits per heavy atom. The summed E-state index contributed by atoms with van der Waals surface area (Å²) in [6.45, 7) is 1.83. The van der Waals surface area contributed by atoms with E-state index in [4.69, 9.17) is 9.47 Å². The van der Waals surface area contributed by atoms with E-state index in [9.17, 15) is 9.59 Å². The maximum atomic E-state index is 12.8. The number of nitrogens with zero attached hydrogens (tertiary/aromatic N) is 1. The van der Waals surface area contributed by atoms with Crippen LogP contribution in [0.5, 0.6) is 5.75 Å². The van der Waals surface area contributed by atoms with Crippen LogP contribution in [0.1, 0.15) is 36.8 Å². The minimum Gasteiger partial charge on any atom is -0.496 e. The highest BCUT2D eigenvalue weighted by atomic mass is 16.5. The molecule has 140 valence electrons. The lowest BCUT2D eigenvalue weighted by Crippen LogP contribution is -2.61. The highest BCUT2D eigenvalue weighted by Gasteiger charge is 2.38. The van der Waals surface area contributed by atoms with Gasteiger partial charge >= 0.3 is 6.03 Å². The lowest BCUT2D eigenvalue weighted by atomic mass is 9.92. The molecule has 1 aromatic carbocycles. The van der Waals surface area contributed by atoms with Crippen molar-refractivity contribution in [2.75, 3.05) is 13.7 Å². The monoisotopic (exact) mass is 359 g/mol. The summed E-state index contributed by atoms with van der Waals surface area (Å²) in [4.78, 5) is 26.5. The number of hydrogen-bond acceptors (Lipinski definition) is 4. The molecule has 0 aromatic heterocycles. The molecule has 0 spiro atoms. The predicted molar refractivity (Wildman–Crippen MR) is 94.7 cm³/mol. The topological polar surface area (TPSA) is 79.9 Å². The Morgan fingerprint density at radius 3 is 3.00 bits per heavy atom. The van der Waals surface area contributed by atoms with Crippen LogP contribution >= 0.6 is 0 Å². The quantitative estimate of drug-likeness (QED) is 0.858. The number of urea groups is 1. The molecule has 0 aliphatic carbocycles. The third-order valence-corrected chi connectivity index (χ3v) is 5.57. The Hall–Kier alpha value is -2.28. The van der Waals surface area contributed by atoms with Gasteiger partial charge in [-0.1, -0.05) is 12.1 Å². The molecule has 0 radical (unpaired) electrons. The molecule has 2 fully saturated rings. The molecular formula is C19H25N3O4. The van der Waals surface area contributed by atoms with Crippen LogP contribution < -0.4 is 15.4 Å². The van der Waals surface area contributed by atoms with Crippen molar-refractivity contribution in [3.63, 3.8) is 0 Å². The summed E-state index contributed by atoms with van der Waals surface area (Å²) in [5.41, 5.74) is 2.19. The second-order valence-electron chi connectivity index (χ2n) is 7.19. The van der Waals surface area contributed by atoms with Crippen molar-refractivity contribution in [1.29, 1.82) is 0 Å². The lowest BCUT2D eigenvalue weighted by molar-refractivity contribution is -0.125. The third-order valence-electron chi connectivity index (χ3n) is 5.57. The van der Waals surface area contributed by atoms with Gasteiger partial charge in [-0.25, -0.2) is 4.79 Å². The normalized spacial score (nSPS) is 27.8. The second kappa shape index (κ2) is 7.15. The number of nitrogens with one attached hydrogen (secondary N) is 2. The fourth-order valence-electron chi connectivity index (χ4n) is 4.20. The van der Waals surface area contributed by atoms with Gasteiger partial charge < -0.3 is 25.0 Å². The van der Waals surface area contributed by atoms with Crippen LogP contribution in [0.3, 0.4) is 0 Å². The van der Waals surface area contributed by atoms with Gasteiger partial charge in [0.15, 0.2) is 0 Å². The third kappa shape index (κ3) is 3.23. The van der Waals surface area contributed by atoms with E-state index in [2.05, 4.69) is 10.6 Å². The first-order valence-corrected chi connectivity index (χ1v) is 9.27. The standard InChI is InChI=1S/C19H25N3O4/c1-25-15-5-2-4-12-10-22(11-13(12)15)19(24)20-14-7-8-17(23)21-18(14)16-6-3-9-26-16/h2,4-5,14,16,18H,3,6-11H2,1H3,(H,20,24)(H,21,23). The Bertz CT molecular complexity index is 702. The first kappa shape index (κ1) is 17.1. The number of benzene rings is 1. The fraction of sp³-hybridized carbons (Fsp3) is 0.579. The molecule has 2 saturated heterocycles. The molecular weight excluding hydrogens is 334 g/mol. The van der Waals surface area contributed by atoms with Gasteiger partial charge in [-0.05, 0) is 30.9 Å². The Kier molecular flexibility index (Phi) is 4.72. The van der Waals surface area contributed by atoms with Crippen LogP contribution in [-0.4, -0.2) is 48.7 Å². The molecule has 3 atom stereocenters. The van der Waals surface area contributed by atoms with Gasteiger partial charge in [0.2, 0.25) is 5.91 Å². The molecule has 0 bridgehead atoms. The molecule has 7 heteroatoms. The minimum atomic E-state index is -0.151. The van der Waals surface area contributed by atoms with Crippen molar-refractivity contribution in [1.82, 2.24) is 15.5 Å². The SMILES string of the molecule is COc1cccc2c1CN(C(=O)NC1CCC(=O)NC1C1CCCO1)C2. The number of ether oxygens (including phenoxy) is 2. The van der Waals surface area contributed by atoms with E-state index >= 15 is 0 Å². The van der Waals surface area contributed by atoms with Crippen molar-refractivity contribution in [2.24, 2.45) is 0 Å². The molecule has 7 nitrogen and oxygen atoms in total. The second-order valence-corrected chi connectivity index (χ2v) is 7.19. The molecule has 26 heavy (non-hydrogen) atoms. The lowest BCUT2D eigenvalue weighted by Gasteiger charge is -2.36. The van der Waals surface area contributed by atoms with E-state index in [-0.39, 0.29) is 30.1 Å². The van der Waals surface area contributed by atoms with Crippen LogP contribution in [0.25, 0.3) is 0 Å². The van der Waals surface area contributed by atoms with E-state index in [1.807, 2.05) is 18.2 Å². The van der Waals surface area contributed by atoms with E-state index in [0.29, 0.717) is 25.9 Å². The molecule has 3 unspecified atom stereocenters. The van der Waals surface area contributed by atoms with Gasteiger partial charge in [0.25, 0.3) is 0 Å². The van der Waals surface area contributed by atoms with Crippen molar-refractivity contribution < 1.29 is 19.1 Å². The number of methoxy groups -OCH3 is 1. The molecule has 3 aliphatic heterocycles. The zero-order chi connectivity index (χ0) is 18.1. The molecule has 3 heterocycles. The molecule has 2 N–H and O–H groups in total. The summed E-state index contributed by atoms with van der Waals surface area (Å²) in [5.74, 6) is 0.856. The van der Waals surface area contributed by atoms with E-state index in [0.717, 1.165) is 36.3 Å². The van der Waals surface area contributed by atoms with Gasteiger partial charge in [-0.3, -0.25) is 4.79 Å². The molecule has 3 amide bonds. The summed E-state index contributed by atoms with van der Waals surface area (Å²) in [6.07, 6.45) is 2.98. The minimum absolute atomic E-state index is 0.0135. The predicted octanol–water partition coefficient (Wildman–Crippen LogP) is 1.55. The number of hydrogen-bond donors (Lipinski definition) is 2. The largest absolute Gasteiger partial charge is 0.496 e. The summed E-state index contributed by atoms with van der Waals surface area (Å²) < 4.78 is 11.2. The summed E-state index contributed by atoms with van der Waals surface area (Å²) in [7, 11) is 1.65. The number of fused-ring (bicyclic) bond motifs is 1. The van der Waals surface area contributed by atoms with Crippen LogP contribution in [0.15, 0.2) is 18.2 Å². The average Bonchev–Trinajstić information content (AvgIpc) is 3.32. The van der Waals surface area contributed by atoms with Gasteiger partial charge in [-0.2, -0.15) is 0 Å². The summed E-state index contributed by atoms with van der Waals surface area (Å²) in [5, 5.41) is 6.15. The van der Waals surface area contributed by atoms with E-state index in [1.54, 1.807) is 12.0 Å². The van der Waals surface area contributed by atoms with Crippen molar-refractivity contribution in [3.8, 4) is 5.75 Å². The van der Waals surface area contributed by atoms with Crippen molar-refractivity contribution in [3.05, 3.63) is 29.3 Å². The molecule has 4 rings (SSSR count). The van der Waals surface area contributed by atoms with Crippen LogP contribution in [0, 0.1) is 0 Å². The van der Waals surface area contributed by atoms with Crippen LogP contribution in [0.4, 0.5) is 4.79 Å². The number of carbonyl (C=O) groups is 2. The molecule has 1 aromatic rings. The first-order chi connectivity index (χ1) is 12.7. The number of carbonyl (C=O) groups excluding carboxylic acids is 2. The Labute approximate surface area is 153 Å². The highest BCUT2D eigenvalue weighted by molar-refractivity contribution is 5.79. The van der Waals surface area contributed by atoms with Crippen LogP contribution in [0.2, 0.25) is 0 Å². The molecule has 3 aliphatic rings. The summed E-state index contributed by atoms with van der Waals surface area (Å²) in [6, 6.07) is 5.54. The fourth-order valence-corrected chi connectivity index (χ4v) is 4.20. The van der Waals surface area contributed by atoms with Crippen LogP contribution in [-0.2, 0) is 22.6 Å². The molecule has 0 saturated carbocycles. The van der Waals surface area contributed by atoms with E-state index in [1.165, 1.54) is 0 Å². The zero-order valence-electron chi connectivity index (χ0n) is 15.0. The maximum Gasteiger partial charge on any atom is 0.318 e. The van der Waals surface area contributed by atoms with Gasteiger partial charge in [0.1, 0.15) is 5.75 Å². The van der Waals surface area contributed by atoms with Gasteiger partial charge in [0.05, 0.1) is 31.8 Å². The smallest absolute Gasteiger partial charge is 0.318 e. The van der Waals surface area contributed by atoms with Crippen molar-refractivity contribution in [2.45, 2.75) is 57.0 Å².